The quantitative estimate of drug-likeness (QED) is 0.526. The van der Waals surface area contributed by atoms with Gasteiger partial charge in [0.1, 0.15) is 0 Å². The molecule has 0 radical (unpaired) electrons. The van der Waals surface area contributed by atoms with Crippen LogP contribution in [0.1, 0.15) is 6.92 Å². The van der Waals surface area contributed by atoms with Crippen LogP contribution in [0.15, 0.2) is 33.5 Å². The monoisotopic (exact) mass is 388 g/mol. The van der Waals surface area contributed by atoms with Crippen molar-refractivity contribution in [3.63, 3.8) is 0 Å². The Morgan fingerprint density at radius 2 is 2.00 bits per heavy atom. The van der Waals surface area contributed by atoms with Gasteiger partial charge < -0.3 is 10.1 Å². The third-order valence-electron chi connectivity index (χ3n) is 2.63. The van der Waals surface area contributed by atoms with E-state index < -0.39 is 10.0 Å². The zero-order valence-electron chi connectivity index (χ0n) is 13.0. The molecule has 24 heavy (non-hydrogen) atoms. The van der Waals surface area contributed by atoms with Gasteiger partial charge in [0, 0.05) is 25.5 Å². The summed E-state index contributed by atoms with van der Waals surface area (Å²) in [6.07, 6.45) is 0. The number of methoxy groups -OCH3 is 1. The average Bonchev–Trinajstić information content (AvgIpc) is 2.94. The molecular weight excluding hydrogens is 372 g/mol. The van der Waals surface area contributed by atoms with Crippen molar-refractivity contribution in [3.8, 4) is 0 Å². The molecule has 0 bridgehead atoms. The van der Waals surface area contributed by atoms with Gasteiger partial charge >= 0.3 is 0 Å². The summed E-state index contributed by atoms with van der Waals surface area (Å²) >= 11 is 2.59. The minimum atomic E-state index is -3.76. The van der Waals surface area contributed by atoms with Crippen molar-refractivity contribution in [2.45, 2.75) is 16.2 Å². The van der Waals surface area contributed by atoms with Gasteiger partial charge in [0.2, 0.25) is 11.0 Å². The van der Waals surface area contributed by atoms with E-state index in [1.807, 2.05) is 0 Å². The molecule has 2 aromatic rings. The zero-order valence-corrected chi connectivity index (χ0v) is 15.4. The maximum Gasteiger partial charge on any atom is 0.263 e. The Morgan fingerprint density at radius 1 is 1.29 bits per heavy atom. The van der Waals surface area contributed by atoms with Crippen molar-refractivity contribution < 1.29 is 17.9 Å². The lowest BCUT2D eigenvalue weighted by atomic mass is 10.3. The molecule has 0 saturated carbocycles. The van der Waals surface area contributed by atoms with Crippen molar-refractivity contribution >= 4 is 49.8 Å². The molecule has 1 aromatic carbocycles. The van der Waals surface area contributed by atoms with E-state index in [1.165, 1.54) is 43.0 Å². The van der Waals surface area contributed by atoms with Gasteiger partial charge in [-0.2, -0.15) is 0 Å². The molecule has 0 atom stereocenters. The van der Waals surface area contributed by atoms with Gasteiger partial charge in [0.25, 0.3) is 10.0 Å². The van der Waals surface area contributed by atoms with Gasteiger partial charge in [-0.3, -0.25) is 9.52 Å². The molecule has 0 fully saturated rings. The molecule has 0 aliphatic carbocycles. The highest BCUT2D eigenvalue weighted by molar-refractivity contribution is 8.01. The van der Waals surface area contributed by atoms with E-state index in [-0.39, 0.29) is 15.9 Å². The van der Waals surface area contributed by atoms with E-state index in [0.717, 1.165) is 11.3 Å². The number of hydrogen-bond acceptors (Lipinski definition) is 8. The Balaban J connectivity index is 2.04. The van der Waals surface area contributed by atoms with Gasteiger partial charge in [-0.15, -0.1) is 10.2 Å². The predicted octanol–water partition coefficient (Wildman–Crippen LogP) is 2.04. The topological polar surface area (TPSA) is 110 Å². The Labute approximate surface area is 148 Å². The van der Waals surface area contributed by atoms with Gasteiger partial charge in [-0.05, 0) is 24.3 Å². The number of carbonyl (C=O) groups is 1. The summed E-state index contributed by atoms with van der Waals surface area (Å²) in [5, 5.41) is 10.5. The first kappa shape index (κ1) is 18.6. The highest BCUT2D eigenvalue weighted by atomic mass is 32.2. The summed E-state index contributed by atoms with van der Waals surface area (Å²) in [6, 6.07) is 5.84. The molecule has 11 heteroatoms. The van der Waals surface area contributed by atoms with Crippen molar-refractivity contribution in [2.24, 2.45) is 0 Å². The zero-order chi connectivity index (χ0) is 17.6. The fourth-order valence-electron chi connectivity index (χ4n) is 1.62. The number of hydrogen-bond donors (Lipinski definition) is 2. The second kappa shape index (κ2) is 8.42. The Bertz CT molecular complexity index is 790. The van der Waals surface area contributed by atoms with Crippen LogP contribution in [0.2, 0.25) is 0 Å². The number of thioether (sulfide) groups is 1. The molecule has 1 heterocycles. The van der Waals surface area contributed by atoms with Crippen LogP contribution in [0.25, 0.3) is 0 Å². The van der Waals surface area contributed by atoms with Crippen molar-refractivity contribution in [1.82, 2.24) is 10.2 Å². The smallest absolute Gasteiger partial charge is 0.263 e. The first-order chi connectivity index (χ1) is 11.4. The van der Waals surface area contributed by atoms with Crippen LogP contribution in [0.3, 0.4) is 0 Å². The van der Waals surface area contributed by atoms with Crippen LogP contribution in [0, 0.1) is 0 Å². The van der Waals surface area contributed by atoms with E-state index in [1.54, 1.807) is 7.11 Å². The number of nitrogens with one attached hydrogen (secondary N) is 2. The number of aromatic nitrogens is 2. The van der Waals surface area contributed by atoms with Crippen LogP contribution in [0.4, 0.5) is 10.8 Å². The first-order valence-corrected chi connectivity index (χ1v) is 10.0. The summed E-state index contributed by atoms with van der Waals surface area (Å²) in [7, 11) is -2.15. The fraction of sp³-hybridized carbons (Fsp3) is 0.308. The van der Waals surface area contributed by atoms with Crippen LogP contribution in [0.5, 0.6) is 0 Å². The number of sulfonamides is 1. The third kappa shape index (κ3) is 5.44. The molecule has 0 aliphatic heterocycles. The number of ether oxygens (including phenoxy) is 1. The second-order valence-corrected chi connectivity index (χ2v) is 8.53. The standard InChI is InChI=1S/C13H16N4O4S3/c1-9(18)14-10-3-5-11(6-4-10)24(19,20)17-12-15-16-13(23-12)22-8-7-21-2/h3-6H,7-8H2,1-2H3,(H,14,18)(H,15,17). The SMILES string of the molecule is COCCSc1nnc(NS(=O)(=O)c2ccc(NC(C)=O)cc2)s1. The van der Waals surface area contributed by atoms with Crippen molar-refractivity contribution in [3.05, 3.63) is 24.3 Å². The molecule has 130 valence electrons. The first-order valence-electron chi connectivity index (χ1n) is 6.76. The molecule has 0 saturated heterocycles. The number of amides is 1. The Hall–Kier alpha value is -1.69. The van der Waals surface area contributed by atoms with Crippen LogP contribution < -0.4 is 10.0 Å². The largest absolute Gasteiger partial charge is 0.384 e. The normalized spacial score (nSPS) is 11.2. The lowest BCUT2D eigenvalue weighted by Gasteiger charge is -2.06. The molecule has 0 aliphatic rings. The molecule has 0 spiro atoms. The molecule has 2 N–H and O–H groups in total. The summed E-state index contributed by atoms with van der Waals surface area (Å²) in [5.74, 6) is 0.485. The highest BCUT2D eigenvalue weighted by Gasteiger charge is 2.17. The van der Waals surface area contributed by atoms with Gasteiger partial charge in [-0.1, -0.05) is 23.1 Å². The van der Waals surface area contributed by atoms with E-state index in [9.17, 15) is 13.2 Å². The van der Waals surface area contributed by atoms with Crippen LogP contribution in [-0.2, 0) is 19.6 Å². The van der Waals surface area contributed by atoms with E-state index >= 15 is 0 Å². The Morgan fingerprint density at radius 3 is 2.62 bits per heavy atom. The van der Waals surface area contributed by atoms with E-state index in [0.29, 0.717) is 22.4 Å². The van der Waals surface area contributed by atoms with Gasteiger partial charge in [0.15, 0.2) is 4.34 Å². The molecule has 8 nitrogen and oxygen atoms in total. The van der Waals surface area contributed by atoms with E-state index in [2.05, 4.69) is 20.2 Å². The predicted molar refractivity (Wildman–Crippen MR) is 94.1 cm³/mol. The second-order valence-electron chi connectivity index (χ2n) is 4.53. The fourth-order valence-corrected chi connectivity index (χ4v) is 4.57. The summed E-state index contributed by atoms with van der Waals surface area (Å²) in [5.41, 5.74) is 0.522. The van der Waals surface area contributed by atoms with Crippen molar-refractivity contribution in [1.29, 1.82) is 0 Å². The maximum atomic E-state index is 12.3. The van der Waals surface area contributed by atoms with Crippen LogP contribution >= 0.6 is 23.1 Å². The summed E-state index contributed by atoms with van der Waals surface area (Å²) in [4.78, 5) is 11.0. The molecular formula is C13H16N4O4S3. The number of carbonyl (C=O) groups excluding carboxylic acids is 1. The molecule has 1 aromatic heterocycles. The summed E-state index contributed by atoms with van der Waals surface area (Å²) < 4.78 is 32.6. The maximum absolute atomic E-state index is 12.3. The average molecular weight is 388 g/mol. The lowest BCUT2D eigenvalue weighted by molar-refractivity contribution is -0.114. The minimum Gasteiger partial charge on any atom is -0.384 e. The molecule has 2 rings (SSSR count). The number of nitrogens with zero attached hydrogens (tertiary/aromatic N) is 2. The minimum absolute atomic E-state index is 0.0698. The van der Waals surface area contributed by atoms with Crippen molar-refractivity contribution in [2.75, 3.05) is 29.5 Å². The number of rotatable bonds is 8. The number of anilines is 2. The number of benzene rings is 1. The van der Waals surface area contributed by atoms with E-state index in [4.69, 9.17) is 4.74 Å². The third-order valence-corrected chi connectivity index (χ3v) is 6.05. The van der Waals surface area contributed by atoms with Gasteiger partial charge in [0.05, 0.1) is 11.5 Å². The Kier molecular flexibility index (Phi) is 6.54. The highest BCUT2D eigenvalue weighted by Crippen LogP contribution is 2.27. The van der Waals surface area contributed by atoms with Gasteiger partial charge in [-0.25, -0.2) is 8.42 Å². The van der Waals surface area contributed by atoms with Crippen LogP contribution in [-0.4, -0.2) is 44.0 Å². The molecule has 0 unspecified atom stereocenters. The molecule has 1 amide bonds. The lowest BCUT2D eigenvalue weighted by Crippen LogP contribution is -2.13. The summed E-state index contributed by atoms with van der Waals surface area (Å²) in [6.45, 7) is 1.95.